The smallest absolute Gasteiger partial charge is 0.261 e. The number of hydrogen-bond acceptors (Lipinski definition) is 3. The lowest BCUT2D eigenvalue weighted by molar-refractivity contribution is -0.142. The molecule has 2 aromatic rings. The molecule has 0 aromatic heterocycles. The average Bonchev–Trinajstić information content (AvgIpc) is 3.30. The minimum atomic E-state index is -0.648. The van der Waals surface area contributed by atoms with E-state index >= 15 is 0 Å². The van der Waals surface area contributed by atoms with Crippen molar-refractivity contribution < 1.29 is 14.3 Å². The van der Waals surface area contributed by atoms with Crippen LogP contribution in [0.4, 0.5) is 0 Å². The molecule has 1 saturated carbocycles. The van der Waals surface area contributed by atoms with Gasteiger partial charge >= 0.3 is 0 Å². The van der Waals surface area contributed by atoms with Gasteiger partial charge in [-0.1, -0.05) is 62.6 Å². The molecule has 1 aliphatic carbocycles. The van der Waals surface area contributed by atoms with Crippen molar-refractivity contribution in [1.82, 2.24) is 10.2 Å². The predicted octanol–water partition coefficient (Wildman–Crippen LogP) is 6.08. The van der Waals surface area contributed by atoms with E-state index < -0.39 is 6.04 Å². The van der Waals surface area contributed by atoms with Gasteiger partial charge in [0.2, 0.25) is 5.91 Å². The van der Waals surface area contributed by atoms with Gasteiger partial charge in [-0.2, -0.15) is 0 Å². The minimum absolute atomic E-state index is 0.148. The Bertz CT molecular complexity index is 976. The quantitative estimate of drug-likeness (QED) is 0.423. The number of nitrogens with zero attached hydrogens (tertiary/aromatic N) is 1. The van der Waals surface area contributed by atoms with Gasteiger partial charge in [-0.05, 0) is 70.9 Å². The Morgan fingerprint density at radius 3 is 2.48 bits per heavy atom. The molecule has 178 valence electrons. The van der Waals surface area contributed by atoms with Crippen molar-refractivity contribution in [2.75, 3.05) is 6.61 Å². The molecular formula is C26H32BrClN2O3. The lowest BCUT2D eigenvalue weighted by Crippen LogP contribution is -2.50. The topological polar surface area (TPSA) is 58.6 Å². The number of rotatable bonds is 9. The molecule has 2 amide bonds. The lowest BCUT2D eigenvalue weighted by atomic mass is 10.0. The molecule has 0 saturated heterocycles. The number of benzene rings is 2. The minimum Gasteiger partial charge on any atom is -0.483 e. The molecule has 5 nitrogen and oxygen atoms in total. The van der Waals surface area contributed by atoms with Crippen LogP contribution in [0.3, 0.4) is 0 Å². The molecule has 3 rings (SSSR count). The summed E-state index contributed by atoms with van der Waals surface area (Å²) >= 11 is 9.89. The summed E-state index contributed by atoms with van der Waals surface area (Å²) in [5.41, 5.74) is 1.97. The fourth-order valence-electron chi connectivity index (χ4n) is 4.00. The standard InChI is InChI=1S/C26H32BrClN2O3/c1-17(2)19-12-13-24(22(27)14-19)33-16-25(31)30(15-20-8-4-7-11-23(20)28)18(3)26(32)29-21-9-5-6-10-21/h4,7-8,11-14,17-18,21H,5-6,9-10,15-16H2,1-3H3,(H,29,32)/t18-/m0/s1. The Morgan fingerprint density at radius 2 is 1.85 bits per heavy atom. The summed E-state index contributed by atoms with van der Waals surface area (Å²) in [6, 6.07) is 12.8. The zero-order valence-corrected chi connectivity index (χ0v) is 21.8. The van der Waals surface area contributed by atoms with Crippen LogP contribution in [0, 0.1) is 0 Å². The molecule has 0 unspecified atom stereocenters. The first-order valence-corrected chi connectivity index (χ1v) is 12.7. The number of carbonyl (C=O) groups excluding carboxylic acids is 2. The first-order chi connectivity index (χ1) is 15.8. The Morgan fingerprint density at radius 1 is 1.15 bits per heavy atom. The maximum atomic E-state index is 13.3. The van der Waals surface area contributed by atoms with E-state index in [4.69, 9.17) is 16.3 Å². The number of hydrogen-bond donors (Lipinski definition) is 1. The summed E-state index contributed by atoms with van der Waals surface area (Å²) in [4.78, 5) is 27.8. The third-order valence-electron chi connectivity index (χ3n) is 6.14. The van der Waals surface area contributed by atoms with Crippen LogP contribution in [0.25, 0.3) is 0 Å². The number of amides is 2. The van der Waals surface area contributed by atoms with Gasteiger partial charge in [-0.15, -0.1) is 0 Å². The second-order valence-corrected chi connectivity index (χ2v) is 10.2. The molecular weight excluding hydrogens is 504 g/mol. The number of nitrogens with one attached hydrogen (secondary N) is 1. The molecule has 0 aliphatic heterocycles. The SMILES string of the molecule is CC(C)c1ccc(OCC(=O)N(Cc2ccccc2Cl)[C@@H](C)C(=O)NC2CCCC2)c(Br)c1. The van der Waals surface area contributed by atoms with Crippen LogP contribution in [0.2, 0.25) is 5.02 Å². The van der Waals surface area contributed by atoms with Crippen LogP contribution in [0.15, 0.2) is 46.9 Å². The van der Waals surface area contributed by atoms with Crippen LogP contribution in [0.1, 0.15) is 63.5 Å². The first-order valence-electron chi connectivity index (χ1n) is 11.5. The van der Waals surface area contributed by atoms with Crippen molar-refractivity contribution in [2.45, 2.75) is 71.0 Å². The van der Waals surface area contributed by atoms with Crippen molar-refractivity contribution in [2.24, 2.45) is 0 Å². The summed E-state index contributed by atoms with van der Waals surface area (Å²) < 4.78 is 6.64. The molecule has 0 bridgehead atoms. The fourth-order valence-corrected chi connectivity index (χ4v) is 4.71. The van der Waals surface area contributed by atoms with E-state index in [1.54, 1.807) is 17.9 Å². The van der Waals surface area contributed by atoms with Crippen molar-refractivity contribution in [3.63, 3.8) is 0 Å². The van der Waals surface area contributed by atoms with Gasteiger partial charge < -0.3 is 15.0 Å². The van der Waals surface area contributed by atoms with E-state index in [1.165, 1.54) is 5.56 Å². The summed E-state index contributed by atoms with van der Waals surface area (Å²) in [6.07, 6.45) is 4.22. The Kier molecular flexibility index (Phi) is 9.21. The van der Waals surface area contributed by atoms with Crippen LogP contribution < -0.4 is 10.1 Å². The van der Waals surface area contributed by atoms with Gasteiger partial charge in [0.1, 0.15) is 11.8 Å². The van der Waals surface area contributed by atoms with Gasteiger partial charge in [-0.25, -0.2) is 0 Å². The number of ether oxygens (including phenoxy) is 1. The van der Waals surface area contributed by atoms with Crippen LogP contribution in [-0.2, 0) is 16.1 Å². The molecule has 0 radical (unpaired) electrons. The van der Waals surface area contributed by atoms with E-state index in [-0.39, 0.29) is 31.0 Å². The number of halogens is 2. The van der Waals surface area contributed by atoms with Crippen LogP contribution in [0.5, 0.6) is 5.75 Å². The van der Waals surface area contributed by atoms with E-state index in [9.17, 15) is 9.59 Å². The van der Waals surface area contributed by atoms with Gasteiger partial charge in [-0.3, -0.25) is 9.59 Å². The Labute approximate surface area is 210 Å². The molecule has 1 N–H and O–H groups in total. The summed E-state index contributed by atoms with van der Waals surface area (Å²) in [7, 11) is 0. The van der Waals surface area contributed by atoms with Gasteiger partial charge in [0, 0.05) is 17.6 Å². The molecule has 0 spiro atoms. The highest BCUT2D eigenvalue weighted by Crippen LogP contribution is 2.29. The maximum absolute atomic E-state index is 13.3. The maximum Gasteiger partial charge on any atom is 0.261 e. The van der Waals surface area contributed by atoms with Gasteiger partial charge in [0.05, 0.1) is 4.47 Å². The number of carbonyl (C=O) groups is 2. The highest BCUT2D eigenvalue weighted by Gasteiger charge is 2.29. The zero-order chi connectivity index (χ0) is 24.0. The molecule has 1 aliphatic rings. The van der Waals surface area contributed by atoms with E-state index in [0.717, 1.165) is 35.7 Å². The summed E-state index contributed by atoms with van der Waals surface area (Å²) in [6.45, 7) is 6.05. The van der Waals surface area contributed by atoms with Crippen LogP contribution >= 0.6 is 27.5 Å². The van der Waals surface area contributed by atoms with Crippen molar-refractivity contribution in [1.29, 1.82) is 0 Å². The van der Waals surface area contributed by atoms with Gasteiger partial charge in [0.15, 0.2) is 6.61 Å². The Hall–Kier alpha value is -2.05. The average molecular weight is 536 g/mol. The molecule has 0 heterocycles. The third kappa shape index (κ3) is 6.97. The highest BCUT2D eigenvalue weighted by molar-refractivity contribution is 9.10. The van der Waals surface area contributed by atoms with E-state index in [1.807, 2.05) is 36.4 Å². The normalized spacial score (nSPS) is 14.8. The second kappa shape index (κ2) is 11.9. The zero-order valence-electron chi connectivity index (χ0n) is 19.4. The van der Waals surface area contributed by atoms with Crippen LogP contribution in [-0.4, -0.2) is 35.4 Å². The molecule has 1 fully saturated rings. The van der Waals surface area contributed by atoms with Gasteiger partial charge in [0.25, 0.3) is 5.91 Å². The van der Waals surface area contributed by atoms with E-state index in [2.05, 4.69) is 35.1 Å². The molecule has 7 heteroatoms. The van der Waals surface area contributed by atoms with Crippen molar-refractivity contribution in [3.05, 3.63) is 63.1 Å². The second-order valence-electron chi connectivity index (χ2n) is 8.91. The summed E-state index contributed by atoms with van der Waals surface area (Å²) in [5.74, 6) is 0.560. The van der Waals surface area contributed by atoms with E-state index in [0.29, 0.717) is 16.7 Å². The summed E-state index contributed by atoms with van der Waals surface area (Å²) in [5, 5.41) is 3.66. The van der Waals surface area contributed by atoms with Crippen molar-refractivity contribution >= 4 is 39.3 Å². The molecule has 33 heavy (non-hydrogen) atoms. The predicted molar refractivity (Wildman–Crippen MR) is 136 cm³/mol. The third-order valence-corrected chi connectivity index (χ3v) is 7.13. The Balaban J connectivity index is 1.73. The molecule has 1 atom stereocenters. The fraction of sp³-hybridized carbons (Fsp3) is 0.462. The molecule has 2 aromatic carbocycles. The van der Waals surface area contributed by atoms with Crippen molar-refractivity contribution in [3.8, 4) is 5.75 Å². The monoisotopic (exact) mass is 534 g/mol. The first kappa shape index (κ1) is 25.6. The lowest BCUT2D eigenvalue weighted by Gasteiger charge is -2.30. The largest absolute Gasteiger partial charge is 0.483 e. The highest BCUT2D eigenvalue weighted by atomic mass is 79.9.